The zero-order valence-corrected chi connectivity index (χ0v) is 12.9. The van der Waals surface area contributed by atoms with Gasteiger partial charge in [0.15, 0.2) is 0 Å². The minimum atomic E-state index is 0. The van der Waals surface area contributed by atoms with Crippen LogP contribution in [0.25, 0.3) is 0 Å². The normalized spacial score (nSPS) is 11.4. The number of nitrogens with two attached hydrogens (primary N) is 2. The summed E-state index contributed by atoms with van der Waals surface area (Å²) in [4.78, 5) is 0. The summed E-state index contributed by atoms with van der Waals surface area (Å²) in [6, 6.07) is 12.5. The van der Waals surface area contributed by atoms with Gasteiger partial charge in [0.2, 0.25) is 0 Å². The Balaban J connectivity index is 0. The van der Waals surface area contributed by atoms with E-state index in [4.69, 9.17) is 11.5 Å². The summed E-state index contributed by atoms with van der Waals surface area (Å²) >= 11 is 0. The number of benzene rings is 1. The zero-order chi connectivity index (χ0) is 12.2. The second-order valence-electron chi connectivity index (χ2n) is 3.01. The Morgan fingerprint density at radius 1 is 1.00 bits per heavy atom. The average molecular weight is 402 g/mol. The van der Waals surface area contributed by atoms with Crippen molar-refractivity contribution in [1.29, 1.82) is 0 Å². The van der Waals surface area contributed by atoms with Crippen molar-refractivity contribution in [2.24, 2.45) is 11.5 Å². The van der Waals surface area contributed by atoms with Crippen molar-refractivity contribution in [3.05, 3.63) is 72.1 Å². The molecule has 0 fully saturated rings. The van der Waals surface area contributed by atoms with Crippen molar-refractivity contribution in [3.8, 4) is 0 Å². The number of hydrogen-bond acceptors (Lipinski definition) is 2. The molecule has 0 aliphatic rings. The molecule has 2 nitrogen and oxygen atoms in total. The molecule has 0 aliphatic heterocycles. The van der Waals surface area contributed by atoms with E-state index in [2.05, 4.69) is 6.07 Å². The molecule has 0 bridgehead atoms. The molecule has 0 unspecified atom stereocenters. The summed E-state index contributed by atoms with van der Waals surface area (Å²) in [7, 11) is 0. The van der Waals surface area contributed by atoms with Crippen LogP contribution in [0.2, 0.25) is 0 Å². The van der Waals surface area contributed by atoms with E-state index < -0.39 is 0 Å². The van der Waals surface area contributed by atoms with Gasteiger partial charge < -0.3 is 11.5 Å². The van der Waals surface area contributed by atoms with Gasteiger partial charge in [0.05, 0.1) is 0 Å². The van der Waals surface area contributed by atoms with Crippen molar-refractivity contribution in [3.63, 3.8) is 0 Å². The third kappa shape index (κ3) is 12.6. The summed E-state index contributed by atoms with van der Waals surface area (Å²) in [5.74, 6) is 0. The molecule has 0 spiro atoms. The van der Waals surface area contributed by atoms with E-state index in [1.807, 2.05) is 50.3 Å². The van der Waals surface area contributed by atoms with Crippen molar-refractivity contribution in [2.75, 3.05) is 0 Å². The van der Waals surface area contributed by atoms with Gasteiger partial charge in [-0.25, -0.2) is 0 Å². The summed E-state index contributed by atoms with van der Waals surface area (Å²) in [6.45, 7) is 3.78. The van der Waals surface area contributed by atoms with Crippen molar-refractivity contribution < 1.29 is 20.4 Å². The van der Waals surface area contributed by atoms with Crippen LogP contribution in [0.3, 0.4) is 0 Å². The smallest absolute Gasteiger partial charge is 0.0331 e. The van der Waals surface area contributed by atoms with Gasteiger partial charge in [-0.2, -0.15) is 36.4 Å². The third-order valence-corrected chi connectivity index (χ3v) is 1.63. The molecule has 0 saturated heterocycles. The Labute approximate surface area is 118 Å². The largest absolute Gasteiger partial charge is 0.399 e. The SMILES string of the molecule is C\C=C/C(N)=C\C(N)=C/C.[Re].[c-]1ccccc1. The second-order valence-corrected chi connectivity index (χ2v) is 3.01. The maximum absolute atomic E-state index is 5.51. The quantitative estimate of drug-likeness (QED) is 0.591. The number of hydrogen-bond donors (Lipinski definition) is 2. The van der Waals surface area contributed by atoms with Crippen molar-refractivity contribution >= 4 is 0 Å². The standard InChI is InChI=1S/C8H14N2.C6H5.Re/c1-3-5-8(10)6-7(9)4-2;1-2-4-6-5-3-1;/h3-6H,9-10H2,1-2H3;1-5H;/q;-1;/b5-3-,7-4+,8-6+;;. The number of allylic oxidation sites excluding steroid dienone is 4. The Hall–Kier alpha value is -1.30. The summed E-state index contributed by atoms with van der Waals surface area (Å²) in [5, 5.41) is 0. The Morgan fingerprint density at radius 3 is 1.88 bits per heavy atom. The topological polar surface area (TPSA) is 52.0 Å². The first-order chi connectivity index (χ1) is 7.70. The molecular formula is C14H19N2Re-. The van der Waals surface area contributed by atoms with Crippen molar-refractivity contribution in [2.45, 2.75) is 13.8 Å². The molecule has 0 aliphatic carbocycles. The van der Waals surface area contributed by atoms with Gasteiger partial charge in [0.1, 0.15) is 0 Å². The molecule has 93 valence electrons. The van der Waals surface area contributed by atoms with E-state index in [1.165, 1.54) is 0 Å². The van der Waals surface area contributed by atoms with E-state index in [0.717, 1.165) is 0 Å². The van der Waals surface area contributed by atoms with Crippen LogP contribution in [0.5, 0.6) is 0 Å². The van der Waals surface area contributed by atoms with Crippen LogP contribution < -0.4 is 11.5 Å². The maximum atomic E-state index is 5.51. The molecule has 1 aromatic carbocycles. The third-order valence-electron chi connectivity index (χ3n) is 1.63. The van der Waals surface area contributed by atoms with E-state index in [-0.39, 0.29) is 20.4 Å². The van der Waals surface area contributed by atoms with E-state index >= 15 is 0 Å². The minimum absolute atomic E-state index is 0. The predicted octanol–water partition coefficient (Wildman–Crippen LogP) is 2.75. The van der Waals surface area contributed by atoms with Crippen LogP contribution in [-0.2, 0) is 20.4 Å². The van der Waals surface area contributed by atoms with Gasteiger partial charge in [-0.15, -0.1) is 0 Å². The molecule has 1 radical (unpaired) electrons. The minimum Gasteiger partial charge on any atom is -0.399 e. The molecule has 0 atom stereocenters. The van der Waals surface area contributed by atoms with Gasteiger partial charge in [-0.05, 0) is 26.0 Å². The van der Waals surface area contributed by atoms with E-state index in [1.54, 1.807) is 18.2 Å². The molecule has 17 heavy (non-hydrogen) atoms. The van der Waals surface area contributed by atoms with Crippen LogP contribution in [0, 0.1) is 6.07 Å². The summed E-state index contributed by atoms with van der Waals surface area (Å²) < 4.78 is 0. The van der Waals surface area contributed by atoms with Gasteiger partial charge in [0.25, 0.3) is 0 Å². The van der Waals surface area contributed by atoms with Gasteiger partial charge >= 0.3 is 0 Å². The molecule has 4 N–H and O–H groups in total. The molecule has 0 aromatic heterocycles. The second kappa shape index (κ2) is 12.8. The average Bonchev–Trinajstić information content (AvgIpc) is 2.32. The van der Waals surface area contributed by atoms with E-state index in [9.17, 15) is 0 Å². The molecule has 1 aromatic rings. The molecule has 0 heterocycles. The predicted molar refractivity (Wildman–Crippen MR) is 70.3 cm³/mol. The molecule has 0 amide bonds. The van der Waals surface area contributed by atoms with Crippen LogP contribution in [0.4, 0.5) is 0 Å². The first-order valence-corrected chi connectivity index (χ1v) is 5.13. The van der Waals surface area contributed by atoms with Crippen LogP contribution in [0.15, 0.2) is 66.0 Å². The van der Waals surface area contributed by atoms with Crippen LogP contribution in [0.1, 0.15) is 13.8 Å². The monoisotopic (exact) mass is 402 g/mol. The first kappa shape index (κ1) is 18.1. The fourth-order valence-electron chi connectivity index (χ4n) is 0.858. The first-order valence-electron chi connectivity index (χ1n) is 5.13. The molecule has 0 saturated carbocycles. The summed E-state index contributed by atoms with van der Waals surface area (Å²) in [5.41, 5.74) is 12.4. The fraction of sp³-hybridized carbons (Fsp3) is 0.143. The van der Waals surface area contributed by atoms with Gasteiger partial charge in [-0.3, -0.25) is 0 Å². The fourth-order valence-corrected chi connectivity index (χ4v) is 0.858. The van der Waals surface area contributed by atoms with Gasteiger partial charge in [-0.1, -0.05) is 12.2 Å². The molecule has 3 heteroatoms. The van der Waals surface area contributed by atoms with Crippen molar-refractivity contribution in [1.82, 2.24) is 0 Å². The number of rotatable bonds is 2. The molecular weight excluding hydrogens is 382 g/mol. The zero-order valence-electron chi connectivity index (χ0n) is 10.2. The van der Waals surface area contributed by atoms with E-state index in [0.29, 0.717) is 11.4 Å². The molecule has 1 rings (SSSR count). The van der Waals surface area contributed by atoms with Crippen LogP contribution in [-0.4, -0.2) is 0 Å². The van der Waals surface area contributed by atoms with Gasteiger partial charge in [0, 0.05) is 31.8 Å². The van der Waals surface area contributed by atoms with Crippen LogP contribution >= 0.6 is 0 Å². The Bertz CT molecular complexity index is 327. The summed E-state index contributed by atoms with van der Waals surface area (Å²) in [6.07, 6.45) is 7.20. The Morgan fingerprint density at radius 2 is 1.59 bits per heavy atom. The Kier molecular flexibility index (Phi) is 13.6. The maximum Gasteiger partial charge on any atom is 0.0331 e.